The summed E-state index contributed by atoms with van der Waals surface area (Å²) in [5.74, 6) is -3.76. The Kier molecular flexibility index (Phi) is 6.31. The van der Waals surface area contributed by atoms with Crippen LogP contribution in [-0.2, 0) is 23.2 Å². The van der Waals surface area contributed by atoms with Crippen LogP contribution in [0.25, 0.3) is 0 Å². The van der Waals surface area contributed by atoms with Gasteiger partial charge in [0.05, 0.1) is 6.20 Å². The maximum atomic E-state index is 13.7. The minimum absolute atomic E-state index is 0.158. The molecule has 1 aromatic carbocycles. The van der Waals surface area contributed by atoms with Gasteiger partial charge in [-0.3, -0.25) is 4.79 Å². The maximum Gasteiger partial charge on any atom is 0.329 e. The van der Waals surface area contributed by atoms with Gasteiger partial charge in [-0.1, -0.05) is 31.5 Å². The number of carbonyl (C=O) groups excluding carboxylic acids is 2. The van der Waals surface area contributed by atoms with E-state index in [1.165, 1.54) is 10.8 Å². The zero-order valence-corrected chi connectivity index (χ0v) is 15.2. The van der Waals surface area contributed by atoms with Crippen molar-refractivity contribution in [3.63, 3.8) is 0 Å². The van der Waals surface area contributed by atoms with Crippen molar-refractivity contribution in [3.8, 4) is 0 Å². The van der Waals surface area contributed by atoms with Crippen LogP contribution in [0.2, 0.25) is 5.15 Å². The molecule has 1 unspecified atom stereocenters. The molecule has 1 heterocycles. The van der Waals surface area contributed by atoms with Crippen molar-refractivity contribution in [3.05, 3.63) is 52.6 Å². The molecule has 0 radical (unpaired) electrons. The Morgan fingerprint density at radius 1 is 1.31 bits per heavy atom. The predicted molar refractivity (Wildman–Crippen MR) is 90.5 cm³/mol. The molecule has 140 valence electrons. The summed E-state index contributed by atoms with van der Waals surface area (Å²) in [6, 6.07) is 1.99. The van der Waals surface area contributed by atoms with Crippen LogP contribution in [0.4, 0.5) is 8.78 Å². The smallest absolute Gasteiger partial charge is 0.329 e. The van der Waals surface area contributed by atoms with Crippen molar-refractivity contribution in [1.82, 2.24) is 14.9 Å². The van der Waals surface area contributed by atoms with E-state index in [1.54, 1.807) is 20.9 Å². The topological polar surface area (TPSA) is 73.2 Å². The van der Waals surface area contributed by atoms with E-state index < -0.39 is 35.1 Å². The number of rotatable bonds is 6. The molecule has 0 spiro atoms. The van der Waals surface area contributed by atoms with Gasteiger partial charge in [-0.25, -0.2) is 18.6 Å². The van der Waals surface area contributed by atoms with Crippen molar-refractivity contribution >= 4 is 23.5 Å². The fraction of sp³-hybridized carbons (Fsp3) is 0.353. The number of nitrogens with one attached hydrogen (secondary N) is 1. The SMILES string of the molecule is CC(C)C(NC(=O)c1c(F)cccc1F)C(=O)OCc1ncc(Cl)n1C. The summed E-state index contributed by atoms with van der Waals surface area (Å²) < 4.78 is 34.2. The number of benzene rings is 1. The molecule has 0 saturated heterocycles. The first kappa shape index (κ1) is 19.8. The van der Waals surface area contributed by atoms with Gasteiger partial charge in [-0.15, -0.1) is 0 Å². The van der Waals surface area contributed by atoms with E-state index in [9.17, 15) is 18.4 Å². The Morgan fingerprint density at radius 3 is 2.42 bits per heavy atom. The summed E-state index contributed by atoms with van der Waals surface area (Å²) in [6.07, 6.45) is 1.41. The first-order valence-corrected chi connectivity index (χ1v) is 8.17. The molecule has 0 fully saturated rings. The highest BCUT2D eigenvalue weighted by atomic mass is 35.5. The number of aromatic nitrogens is 2. The molecule has 0 aliphatic carbocycles. The van der Waals surface area contributed by atoms with Gasteiger partial charge in [-0.05, 0) is 18.1 Å². The number of amides is 1. The highest BCUT2D eigenvalue weighted by molar-refractivity contribution is 6.29. The first-order chi connectivity index (χ1) is 12.2. The van der Waals surface area contributed by atoms with Crippen LogP contribution in [0.15, 0.2) is 24.4 Å². The van der Waals surface area contributed by atoms with Crippen LogP contribution in [0.3, 0.4) is 0 Å². The molecule has 1 N–H and O–H groups in total. The quantitative estimate of drug-likeness (QED) is 0.776. The van der Waals surface area contributed by atoms with Gasteiger partial charge in [0.1, 0.15) is 40.8 Å². The molecule has 2 aromatic rings. The van der Waals surface area contributed by atoms with Crippen LogP contribution in [0, 0.1) is 17.6 Å². The summed E-state index contributed by atoms with van der Waals surface area (Å²) in [5.41, 5.74) is -0.748. The predicted octanol–water partition coefficient (Wildman–Crippen LogP) is 2.85. The van der Waals surface area contributed by atoms with Crippen LogP contribution >= 0.6 is 11.6 Å². The number of halogens is 3. The van der Waals surface area contributed by atoms with E-state index in [4.69, 9.17) is 16.3 Å². The van der Waals surface area contributed by atoms with Crippen molar-refractivity contribution in [2.45, 2.75) is 26.5 Å². The lowest BCUT2D eigenvalue weighted by Gasteiger charge is -2.21. The number of esters is 1. The number of hydrogen-bond donors (Lipinski definition) is 1. The van der Waals surface area contributed by atoms with E-state index in [1.807, 2.05) is 0 Å². The number of nitrogens with zero attached hydrogens (tertiary/aromatic N) is 2. The van der Waals surface area contributed by atoms with Crippen molar-refractivity contribution in [2.24, 2.45) is 13.0 Å². The third-order valence-electron chi connectivity index (χ3n) is 3.77. The van der Waals surface area contributed by atoms with Crippen LogP contribution in [0.5, 0.6) is 0 Å². The molecule has 26 heavy (non-hydrogen) atoms. The summed E-state index contributed by atoms with van der Waals surface area (Å²) in [6.45, 7) is 3.18. The molecule has 1 atom stereocenters. The van der Waals surface area contributed by atoms with Crippen molar-refractivity contribution < 1.29 is 23.1 Å². The van der Waals surface area contributed by atoms with Crippen LogP contribution < -0.4 is 5.32 Å². The zero-order valence-electron chi connectivity index (χ0n) is 14.4. The van der Waals surface area contributed by atoms with E-state index in [0.717, 1.165) is 18.2 Å². The number of imidazole rings is 1. The molecule has 1 amide bonds. The molecule has 0 aliphatic rings. The standard InChI is InChI=1S/C17H18ClF2N3O3/c1-9(2)15(17(25)26-8-13-21-7-12(18)23(13)3)22-16(24)14-10(19)5-4-6-11(14)20/h4-7,9,15H,8H2,1-3H3,(H,22,24). The van der Waals surface area contributed by atoms with Gasteiger partial charge in [0.2, 0.25) is 0 Å². The molecule has 2 rings (SSSR count). The average molecular weight is 386 g/mol. The third-order valence-corrected chi connectivity index (χ3v) is 4.12. The summed E-state index contributed by atoms with van der Waals surface area (Å²) in [4.78, 5) is 28.5. The maximum absolute atomic E-state index is 13.7. The van der Waals surface area contributed by atoms with E-state index in [2.05, 4.69) is 10.3 Å². The number of carbonyl (C=O) groups is 2. The summed E-state index contributed by atoms with van der Waals surface area (Å²) in [5, 5.41) is 2.70. The lowest BCUT2D eigenvalue weighted by molar-refractivity contribution is -0.148. The fourth-order valence-corrected chi connectivity index (χ4v) is 2.36. The molecule has 6 nitrogen and oxygen atoms in total. The summed E-state index contributed by atoms with van der Waals surface area (Å²) in [7, 11) is 1.65. The van der Waals surface area contributed by atoms with Gasteiger partial charge in [-0.2, -0.15) is 0 Å². The zero-order chi connectivity index (χ0) is 19.4. The Hall–Kier alpha value is -2.48. The largest absolute Gasteiger partial charge is 0.456 e. The highest BCUT2D eigenvalue weighted by Gasteiger charge is 2.28. The first-order valence-electron chi connectivity index (χ1n) is 7.80. The minimum Gasteiger partial charge on any atom is -0.456 e. The summed E-state index contributed by atoms with van der Waals surface area (Å²) >= 11 is 5.86. The Labute approximate surface area is 154 Å². The van der Waals surface area contributed by atoms with Crippen LogP contribution in [0.1, 0.15) is 30.0 Å². The monoisotopic (exact) mass is 385 g/mol. The lowest BCUT2D eigenvalue weighted by Crippen LogP contribution is -2.45. The molecular formula is C17H18ClF2N3O3. The second-order valence-corrected chi connectivity index (χ2v) is 6.34. The number of ether oxygens (including phenoxy) is 1. The third kappa shape index (κ3) is 4.37. The van der Waals surface area contributed by atoms with E-state index >= 15 is 0 Å². The van der Waals surface area contributed by atoms with Gasteiger partial charge >= 0.3 is 5.97 Å². The molecule has 0 bridgehead atoms. The Morgan fingerprint density at radius 2 is 1.92 bits per heavy atom. The lowest BCUT2D eigenvalue weighted by atomic mass is 10.0. The molecular weight excluding hydrogens is 368 g/mol. The van der Waals surface area contributed by atoms with E-state index in [0.29, 0.717) is 11.0 Å². The van der Waals surface area contributed by atoms with Gasteiger partial charge in [0.15, 0.2) is 0 Å². The fourth-order valence-electron chi connectivity index (χ4n) is 2.21. The van der Waals surface area contributed by atoms with Crippen molar-refractivity contribution in [2.75, 3.05) is 0 Å². The highest BCUT2D eigenvalue weighted by Crippen LogP contribution is 2.15. The van der Waals surface area contributed by atoms with E-state index in [-0.39, 0.29) is 12.5 Å². The molecule has 1 aromatic heterocycles. The van der Waals surface area contributed by atoms with Crippen LogP contribution in [-0.4, -0.2) is 27.5 Å². The second-order valence-electron chi connectivity index (χ2n) is 5.96. The molecule has 0 aliphatic heterocycles. The minimum atomic E-state index is -1.09. The van der Waals surface area contributed by atoms with Gasteiger partial charge in [0, 0.05) is 7.05 Å². The normalized spacial score (nSPS) is 12.1. The van der Waals surface area contributed by atoms with Gasteiger partial charge in [0.25, 0.3) is 5.91 Å². The molecule has 9 heteroatoms. The molecule has 0 saturated carbocycles. The van der Waals surface area contributed by atoms with Gasteiger partial charge < -0.3 is 14.6 Å². The van der Waals surface area contributed by atoms with Crippen molar-refractivity contribution in [1.29, 1.82) is 0 Å². The second kappa shape index (κ2) is 8.27. The average Bonchev–Trinajstić information content (AvgIpc) is 2.89. The number of hydrogen-bond acceptors (Lipinski definition) is 4. The Bertz CT molecular complexity index is 803. The Balaban J connectivity index is 2.09.